The van der Waals surface area contributed by atoms with E-state index < -0.39 is 35.9 Å². The molecule has 0 fully saturated rings. The van der Waals surface area contributed by atoms with Gasteiger partial charge in [0.15, 0.2) is 6.17 Å². The summed E-state index contributed by atoms with van der Waals surface area (Å²) in [6.45, 7) is 2.87. The second kappa shape index (κ2) is 10.6. The third-order valence-electron chi connectivity index (χ3n) is 5.67. The van der Waals surface area contributed by atoms with Crippen molar-refractivity contribution < 1.29 is 18.7 Å². The Morgan fingerprint density at radius 3 is 2.47 bits per heavy atom. The van der Waals surface area contributed by atoms with Gasteiger partial charge in [0.2, 0.25) is 0 Å². The monoisotopic (exact) mass is 444 g/mol. The minimum atomic E-state index is -0.936. The van der Waals surface area contributed by atoms with Crippen LogP contribution in [0.4, 0.5) is 8.78 Å². The number of carbonyl (C=O) groups excluding carboxylic acids is 1. The summed E-state index contributed by atoms with van der Waals surface area (Å²) in [5.41, 5.74) is 8.29. The number of rotatable bonds is 10. The van der Waals surface area contributed by atoms with Crippen LogP contribution in [0.2, 0.25) is 0 Å². The summed E-state index contributed by atoms with van der Waals surface area (Å²) < 4.78 is 27.5. The Morgan fingerprint density at radius 2 is 1.81 bits per heavy atom. The van der Waals surface area contributed by atoms with Crippen LogP contribution in [-0.2, 0) is 24.2 Å². The van der Waals surface area contributed by atoms with Crippen LogP contribution in [0.25, 0.3) is 0 Å². The van der Waals surface area contributed by atoms with Gasteiger partial charge in [0, 0.05) is 38.6 Å². The number of aryl methyl sites for hydroxylation is 1. The number of aliphatic hydroxyl groups is 1. The molecule has 4 N–H and O–H groups in total. The zero-order valence-electron chi connectivity index (χ0n) is 18.3. The van der Waals surface area contributed by atoms with Crippen molar-refractivity contribution in [3.8, 4) is 0 Å². The smallest absolute Gasteiger partial charge is 0.261 e. The Balaban J connectivity index is 1.76. The van der Waals surface area contributed by atoms with Crippen LogP contribution in [0.3, 0.4) is 0 Å². The molecule has 0 radical (unpaired) electrons. The van der Waals surface area contributed by atoms with Crippen molar-refractivity contribution in [1.82, 2.24) is 15.1 Å². The molecule has 0 saturated carbocycles. The fourth-order valence-corrected chi connectivity index (χ4v) is 4.07. The van der Waals surface area contributed by atoms with Gasteiger partial charge in [0.25, 0.3) is 5.91 Å². The Bertz CT molecular complexity index is 949. The van der Waals surface area contributed by atoms with E-state index in [4.69, 9.17) is 5.73 Å². The SMILES string of the molecule is CCc1cccc(CNC[C@@H](O)[C@H](Cc2cc(F)cc(F)c2)N2C=CN(C)C2C(N)=O)c1. The maximum atomic E-state index is 13.8. The Hall–Kier alpha value is -2.97. The van der Waals surface area contributed by atoms with Gasteiger partial charge in [-0.05, 0) is 41.7 Å². The predicted octanol–water partition coefficient (Wildman–Crippen LogP) is 2.12. The third kappa shape index (κ3) is 5.83. The first-order chi connectivity index (χ1) is 15.3. The first-order valence-electron chi connectivity index (χ1n) is 10.7. The van der Waals surface area contributed by atoms with E-state index in [0.29, 0.717) is 12.1 Å². The molecule has 1 amide bonds. The number of hydrogen-bond acceptors (Lipinski definition) is 5. The molecule has 2 aromatic carbocycles. The van der Waals surface area contributed by atoms with E-state index in [0.717, 1.165) is 18.1 Å². The van der Waals surface area contributed by atoms with Gasteiger partial charge < -0.3 is 26.0 Å². The van der Waals surface area contributed by atoms with Crippen LogP contribution in [0.5, 0.6) is 0 Å². The number of carbonyl (C=O) groups is 1. The first kappa shape index (κ1) is 23.7. The molecule has 3 atom stereocenters. The number of nitrogens with one attached hydrogen (secondary N) is 1. The molecule has 3 rings (SSSR count). The van der Waals surface area contributed by atoms with E-state index in [9.17, 15) is 18.7 Å². The highest BCUT2D eigenvalue weighted by molar-refractivity contribution is 5.80. The lowest BCUT2D eigenvalue weighted by molar-refractivity contribution is -0.127. The summed E-state index contributed by atoms with van der Waals surface area (Å²) in [6, 6.07) is 10.8. The summed E-state index contributed by atoms with van der Waals surface area (Å²) in [5, 5.41) is 14.3. The van der Waals surface area contributed by atoms with Crippen molar-refractivity contribution >= 4 is 5.91 Å². The zero-order chi connectivity index (χ0) is 23.3. The van der Waals surface area contributed by atoms with Crippen molar-refractivity contribution in [2.24, 2.45) is 5.73 Å². The third-order valence-corrected chi connectivity index (χ3v) is 5.67. The van der Waals surface area contributed by atoms with E-state index in [1.165, 1.54) is 17.7 Å². The standard InChI is InChI=1S/C24H30F2N4O2/c1-3-16-5-4-6-17(9-16)14-28-15-22(31)21(12-18-10-19(25)13-20(26)11-18)30-8-7-29(2)24(30)23(27)32/h4-11,13,21-22,24,28,31H,3,12,14-15H2,1-2H3,(H2,27,32)/t21-,22+,24?/m0/s1. The molecule has 0 aromatic heterocycles. The van der Waals surface area contributed by atoms with Gasteiger partial charge in [-0.25, -0.2) is 8.78 Å². The molecule has 1 aliphatic heterocycles. The van der Waals surface area contributed by atoms with Gasteiger partial charge in [-0.2, -0.15) is 0 Å². The van der Waals surface area contributed by atoms with Crippen LogP contribution in [0.1, 0.15) is 23.6 Å². The fraction of sp³-hybridized carbons (Fsp3) is 0.375. The highest BCUT2D eigenvalue weighted by Crippen LogP contribution is 2.23. The van der Waals surface area contributed by atoms with Gasteiger partial charge in [-0.3, -0.25) is 4.79 Å². The quantitative estimate of drug-likeness (QED) is 0.523. The Kier molecular flexibility index (Phi) is 7.82. The van der Waals surface area contributed by atoms with E-state index in [-0.39, 0.29) is 13.0 Å². The number of hydrogen-bond donors (Lipinski definition) is 3. The summed E-state index contributed by atoms with van der Waals surface area (Å²) in [4.78, 5) is 15.3. The number of nitrogens with zero attached hydrogens (tertiary/aromatic N) is 2. The normalized spacial score (nSPS) is 17.6. The van der Waals surface area contributed by atoms with Crippen molar-refractivity contribution in [3.63, 3.8) is 0 Å². The summed E-state index contributed by atoms with van der Waals surface area (Å²) in [6.07, 6.45) is 2.69. The van der Waals surface area contributed by atoms with E-state index in [2.05, 4.69) is 24.4 Å². The Morgan fingerprint density at radius 1 is 1.12 bits per heavy atom. The average Bonchev–Trinajstić information content (AvgIpc) is 3.12. The molecule has 32 heavy (non-hydrogen) atoms. The molecule has 1 unspecified atom stereocenters. The molecule has 1 heterocycles. The number of benzene rings is 2. The van der Waals surface area contributed by atoms with Crippen molar-refractivity contribution in [2.45, 2.75) is 44.6 Å². The van der Waals surface area contributed by atoms with Gasteiger partial charge in [-0.15, -0.1) is 0 Å². The Labute approximate surface area is 187 Å². The first-order valence-corrected chi connectivity index (χ1v) is 10.7. The lowest BCUT2D eigenvalue weighted by Gasteiger charge is -2.37. The summed E-state index contributed by atoms with van der Waals surface area (Å²) >= 11 is 0. The molecule has 0 spiro atoms. The lowest BCUT2D eigenvalue weighted by Crippen LogP contribution is -2.56. The molecule has 0 aliphatic carbocycles. The number of amides is 1. The highest BCUT2D eigenvalue weighted by Gasteiger charge is 2.37. The summed E-state index contributed by atoms with van der Waals surface area (Å²) in [5.74, 6) is -1.96. The van der Waals surface area contributed by atoms with Crippen LogP contribution >= 0.6 is 0 Å². The molecule has 2 aromatic rings. The maximum Gasteiger partial charge on any atom is 0.261 e. The van der Waals surface area contributed by atoms with Gasteiger partial charge in [-0.1, -0.05) is 31.2 Å². The van der Waals surface area contributed by atoms with E-state index in [1.807, 2.05) is 12.1 Å². The minimum absolute atomic E-state index is 0.130. The summed E-state index contributed by atoms with van der Waals surface area (Å²) in [7, 11) is 1.70. The number of primary amides is 1. The molecule has 0 saturated heterocycles. The minimum Gasteiger partial charge on any atom is -0.390 e. The fourth-order valence-electron chi connectivity index (χ4n) is 4.07. The predicted molar refractivity (Wildman–Crippen MR) is 119 cm³/mol. The zero-order valence-corrected chi connectivity index (χ0v) is 18.3. The van der Waals surface area contributed by atoms with Crippen molar-refractivity contribution in [3.05, 3.63) is 83.2 Å². The molecule has 0 bridgehead atoms. The van der Waals surface area contributed by atoms with Crippen molar-refractivity contribution in [1.29, 1.82) is 0 Å². The van der Waals surface area contributed by atoms with Crippen molar-refractivity contribution in [2.75, 3.05) is 13.6 Å². The van der Waals surface area contributed by atoms with Crippen LogP contribution < -0.4 is 11.1 Å². The van der Waals surface area contributed by atoms with Crippen LogP contribution in [0, 0.1) is 11.6 Å². The van der Waals surface area contributed by atoms with E-state index >= 15 is 0 Å². The van der Waals surface area contributed by atoms with Crippen LogP contribution in [0.15, 0.2) is 54.9 Å². The van der Waals surface area contributed by atoms with Crippen LogP contribution in [-0.4, -0.2) is 52.7 Å². The number of halogens is 2. The lowest BCUT2D eigenvalue weighted by atomic mass is 9.98. The molecule has 8 heteroatoms. The molecular weight excluding hydrogens is 414 g/mol. The van der Waals surface area contributed by atoms with E-state index in [1.54, 1.807) is 29.2 Å². The topological polar surface area (TPSA) is 81.8 Å². The largest absolute Gasteiger partial charge is 0.390 e. The second-order valence-corrected chi connectivity index (χ2v) is 8.11. The highest BCUT2D eigenvalue weighted by atomic mass is 19.1. The average molecular weight is 445 g/mol. The second-order valence-electron chi connectivity index (χ2n) is 8.11. The van der Waals surface area contributed by atoms with Gasteiger partial charge in [0.1, 0.15) is 11.6 Å². The van der Waals surface area contributed by atoms with Gasteiger partial charge >= 0.3 is 0 Å². The number of nitrogens with two attached hydrogens (primary N) is 1. The molecule has 6 nitrogen and oxygen atoms in total. The maximum absolute atomic E-state index is 13.8. The number of likely N-dealkylation sites (N-methyl/N-ethyl adjacent to an activating group) is 1. The van der Waals surface area contributed by atoms with Gasteiger partial charge in [0.05, 0.1) is 12.1 Å². The number of aliphatic hydroxyl groups excluding tert-OH is 1. The molecular formula is C24H30F2N4O2. The molecule has 172 valence electrons. The molecule has 1 aliphatic rings.